The third kappa shape index (κ3) is 3.17. The molecule has 1 fully saturated rings. The minimum atomic E-state index is -0.843. The first-order valence-corrected chi connectivity index (χ1v) is 9.02. The number of nitriles is 1. The molecule has 1 saturated heterocycles. The Hall–Kier alpha value is -2.26. The normalized spacial score (nSPS) is 19.0. The van der Waals surface area contributed by atoms with Crippen LogP contribution in [-0.2, 0) is 9.59 Å². The van der Waals surface area contributed by atoms with Gasteiger partial charge in [0, 0.05) is 25.4 Å². The van der Waals surface area contributed by atoms with Gasteiger partial charge in [-0.2, -0.15) is 5.26 Å². The smallest absolute Gasteiger partial charge is 0.222 e. The molecule has 1 amide bonds. The van der Waals surface area contributed by atoms with Crippen molar-refractivity contribution in [2.45, 2.75) is 32.1 Å². The summed E-state index contributed by atoms with van der Waals surface area (Å²) in [6.07, 6.45) is 1.98. The van der Waals surface area contributed by atoms with Crippen LogP contribution in [0.3, 0.4) is 0 Å². The third-order valence-electron chi connectivity index (χ3n) is 4.45. The molecule has 24 heavy (non-hydrogen) atoms. The number of fused-ring (bicyclic) bond motifs is 1. The second-order valence-electron chi connectivity index (χ2n) is 6.02. The van der Waals surface area contributed by atoms with E-state index < -0.39 is 5.92 Å². The summed E-state index contributed by atoms with van der Waals surface area (Å²) in [4.78, 5) is 31.0. The Morgan fingerprint density at radius 1 is 1.46 bits per heavy atom. The molecule has 0 saturated carbocycles. The molecular formula is C18H19N3O2S. The van der Waals surface area contributed by atoms with Crippen molar-refractivity contribution in [1.82, 2.24) is 9.88 Å². The zero-order valence-corrected chi connectivity index (χ0v) is 14.4. The summed E-state index contributed by atoms with van der Waals surface area (Å²) < 4.78 is 0.979. The van der Waals surface area contributed by atoms with Crippen LogP contribution < -0.4 is 0 Å². The van der Waals surface area contributed by atoms with Crippen molar-refractivity contribution in [2.75, 3.05) is 13.1 Å². The molecule has 0 bridgehead atoms. The van der Waals surface area contributed by atoms with E-state index in [2.05, 4.69) is 11.1 Å². The molecule has 0 N–H and O–H groups in total. The number of para-hydroxylation sites is 1. The number of aromatic nitrogens is 1. The number of carbonyl (C=O) groups excluding carboxylic acids is 2. The number of thiazole rings is 1. The Bertz CT molecular complexity index is 775. The van der Waals surface area contributed by atoms with E-state index in [1.165, 1.54) is 11.3 Å². The molecule has 1 aromatic carbocycles. The molecule has 0 aliphatic carbocycles. The maximum absolute atomic E-state index is 12.9. The fourth-order valence-corrected chi connectivity index (χ4v) is 4.17. The summed E-state index contributed by atoms with van der Waals surface area (Å²) >= 11 is 1.40. The number of Topliss-reactive ketones (excluding diaryl/α,β-unsaturated/α-hetero) is 1. The SMILES string of the molecule is CCC(=O)N1CCC[C@@H](C(=O)[C@@H](C#N)c2nc3ccccc3s2)C1. The van der Waals surface area contributed by atoms with Crippen LogP contribution in [-0.4, -0.2) is 34.7 Å². The number of hydrogen-bond acceptors (Lipinski definition) is 5. The lowest BCUT2D eigenvalue weighted by Crippen LogP contribution is -2.43. The summed E-state index contributed by atoms with van der Waals surface area (Å²) in [5.41, 5.74) is 0.817. The highest BCUT2D eigenvalue weighted by Crippen LogP contribution is 2.31. The number of benzene rings is 1. The van der Waals surface area contributed by atoms with E-state index in [9.17, 15) is 14.9 Å². The van der Waals surface area contributed by atoms with E-state index in [1.54, 1.807) is 4.90 Å². The second kappa shape index (κ2) is 7.10. The van der Waals surface area contributed by atoms with Gasteiger partial charge in [-0.25, -0.2) is 4.98 Å². The van der Waals surface area contributed by atoms with E-state index >= 15 is 0 Å². The Morgan fingerprint density at radius 2 is 2.25 bits per heavy atom. The minimum absolute atomic E-state index is 0.0704. The Labute approximate surface area is 144 Å². The highest BCUT2D eigenvalue weighted by atomic mass is 32.1. The predicted octanol–water partition coefficient (Wildman–Crippen LogP) is 3.12. The average Bonchev–Trinajstić information content (AvgIpc) is 3.05. The number of carbonyl (C=O) groups is 2. The van der Waals surface area contributed by atoms with E-state index in [0.29, 0.717) is 24.5 Å². The lowest BCUT2D eigenvalue weighted by atomic mass is 9.87. The number of amides is 1. The second-order valence-corrected chi connectivity index (χ2v) is 7.08. The lowest BCUT2D eigenvalue weighted by Gasteiger charge is -2.32. The van der Waals surface area contributed by atoms with Gasteiger partial charge in [-0.05, 0) is 25.0 Å². The van der Waals surface area contributed by atoms with Gasteiger partial charge >= 0.3 is 0 Å². The third-order valence-corrected chi connectivity index (χ3v) is 5.55. The van der Waals surface area contributed by atoms with Crippen molar-refractivity contribution in [3.8, 4) is 6.07 Å². The maximum atomic E-state index is 12.9. The minimum Gasteiger partial charge on any atom is -0.342 e. The Balaban J connectivity index is 1.81. The van der Waals surface area contributed by atoms with Gasteiger partial charge in [0.2, 0.25) is 5.91 Å². The first kappa shape index (κ1) is 16.6. The molecule has 0 radical (unpaired) electrons. The van der Waals surface area contributed by atoms with Crippen LogP contribution >= 0.6 is 11.3 Å². The molecule has 3 rings (SSSR count). The van der Waals surface area contributed by atoms with Gasteiger partial charge in [0.1, 0.15) is 5.01 Å². The lowest BCUT2D eigenvalue weighted by molar-refractivity contribution is -0.134. The molecule has 2 aromatic rings. The fraction of sp³-hybridized carbons (Fsp3) is 0.444. The van der Waals surface area contributed by atoms with Crippen LogP contribution in [0.4, 0.5) is 0 Å². The topological polar surface area (TPSA) is 74.1 Å². The van der Waals surface area contributed by atoms with E-state index in [-0.39, 0.29) is 17.6 Å². The van der Waals surface area contributed by atoms with Crippen LogP contribution in [0.15, 0.2) is 24.3 Å². The molecule has 6 heteroatoms. The summed E-state index contributed by atoms with van der Waals surface area (Å²) in [6, 6.07) is 9.77. The van der Waals surface area contributed by atoms with Crippen molar-refractivity contribution in [1.29, 1.82) is 5.26 Å². The quantitative estimate of drug-likeness (QED) is 0.856. The highest BCUT2D eigenvalue weighted by molar-refractivity contribution is 7.18. The summed E-state index contributed by atoms with van der Waals surface area (Å²) in [5.74, 6) is -1.15. The van der Waals surface area contributed by atoms with Gasteiger partial charge in [-0.1, -0.05) is 19.1 Å². The number of likely N-dealkylation sites (tertiary alicyclic amines) is 1. The van der Waals surface area contributed by atoms with E-state index in [0.717, 1.165) is 23.1 Å². The van der Waals surface area contributed by atoms with Crippen LogP contribution in [0.2, 0.25) is 0 Å². The van der Waals surface area contributed by atoms with E-state index in [4.69, 9.17) is 0 Å². The van der Waals surface area contributed by atoms with Crippen LogP contribution in [0.5, 0.6) is 0 Å². The summed E-state index contributed by atoms with van der Waals surface area (Å²) in [5, 5.41) is 10.1. The first-order valence-electron chi connectivity index (χ1n) is 8.20. The van der Waals surface area contributed by atoms with Gasteiger partial charge < -0.3 is 4.90 Å². The molecule has 124 valence electrons. The van der Waals surface area contributed by atoms with E-state index in [1.807, 2.05) is 31.2 Å². The van der Waals surface area contributed by atoms with Crippen LogP contribution in [0, 0.1) is 17.2 Å². The largest absolute Gasteiger partial charge is 0.342 e. The maximum Gasteiger partial charge on any atom is 0.222 e. The summed E-state index contributed by atoms with van der Waals surface area (Å²) in [6.45, 7) is 2.95. The average molecular weight is 341 g/mol. The van der Waals surface area contributed by atoms with Crippen LogP contribution in [0.25, 0.3) is 10.2 Å². The summed E-state index contributed by atoms with van der Waals surface area (Å²) in [7, 11) is 0. The number of nitrogens with zero attached hydrogens (tertiary/aromatic N) is 3. The van der Waals surface area contributed by atoms with Crippen molar-refractivity contribution < 1.29 is 9.59 Å². The molecule has 1 aliphatic rings. The zero-order valence-electron chi connectivity index (χ0n) is 13.6. The fourth-order valence-electron chi connectivity index (χ4n) is 3.15. The molecule has 0 spiro atoms. The standard InChI is InChI=1S/C18H19N3O2S/c1-2-16(22)21-9-5-6-12(11-21)17(23)13(10-19)18-20-14-7-3-4-8-15(14)24-18/h3-4,7-8,12-13H,2,5-6,9,11H2,1H3/t12-,13-/m1/s1. The van der Waals surface area contributed by atoms with Gasteiger partial charge in [0.15, 0.2) is 11.7 Å². The number of hydrogen-bond donors (Lipinski definition) is 0. The molecule has 0 unspecified atom stereocenters. The van der Waals surface area contributed by atoms with Crippen LogP contribution in [0.1, 0.15) is 37.1 Å². The Kier molecular flexibility index (Phi) is 4.91. The number of piperidine rings is 1. The predicted molar refractivity (Wildman–Crippen MR) is 92.6 cm³/mol. The monoisotopic (exact) mass is 341 g/mol. The zero-order chi connectivity index (χ0) is 17.1. The van der Waals surface area contributed by atoms with Gasteiger partial charge in [0.05, 0.1) is 16.3 Å². The molecule has 1 aliphatic heterocycles. The van der Waals surface area contributed by atoms with Crippen molar-refractivity contribution in [3.05, 3.63) is 29.3 Å². The highest BCUT2D eigenvalue weighted by Gasteiger charge is 2.34. The molecule has 2 atom stereocenters. The van der Waals surface area contributed by atoms with Crippen molar-refractivity contribution in [2.24, 2.45) is 5.92 Å². The molecule has 2 heterocycles. The van der Waals surface area contributed by atoms with Crippen molar-refractivity contribution in [3.63, 3.8) is 0 Å². The number of rotatable bonds is 4. The first-order chi connectivity index (χ1) is 11.6. The Morgan fingerprint density at radius 3 is 2.96 bits per heavy atom. The van der Waals surface area contributed by atoms with Crippen molar-refractivity contribution >= 4 is 33.2 Å². The molecule has 1 aromatic heterocycles. The van der Waals surface area contributed by atoms with Gasteiger partial charge in [-0.3, -0.25) is 9.59 Å². The van der Waals surface area contributed by atoms with Gasteiger partial charge in [0.25, 0.3) is 0 Å². The number of ketones is 1. The molecular weight excluding hydrogens is 322 g/mol. The van der Waals surface area contributed by atoms with Gasteiger partial charge in [-0.15, -0.1) is 11.3 Å². The molecule has 5 nitrogen and oxygen atoms in total.